The van der Waals surface area contributed by atoms with Gasteiger partial charge in [0, 0.05) is 25.3 Å². The van der Waals surface area contributed by atoms with Crippen molar-refractivity contribution in [3.63, 3.8) is 0 Å². The minimum atomic E-state index is -0.382. The van der Waals surface area contributed by atoms with Crippen LogP contribution >= 0.6 is 11.3 Å². The Bertz CT molecular complexity index is 1140. The maximum absolute atomic E-state index is 13.3. The molecule has 0 atom stereocenters. The van der Waals surface area contributed by atoms with Crippen LogP contribution < -0.4 is 5.32 Å². The molecular weight excluding hydrogens is 426 g/mol. The fourth-order valence-corrected chi connectivity index (χ4v) is 4.72. The molecule has 0 radical (unpaired) electrons. The highest BCUT2D eigenvalue weighted by atomic mass is 32.1. The van der Waals surface area contributed by atoms with Crippen LogP contribution in [0.1, 0.15) is 60.0 Å². The van der Waals surface area contributed by atoms with Crippen molar-refractivity contribution in [1.82, 2.24) is 19.7 Å². The van der Waals surface area contributed by atoms with E-state index in [1.165, 1.54) is 11.3 Å². The lowest BCUT2D eigenvalue weighted by molar-refractivity contribution is 0.0645. The second kappa shape index (κ2) is 8.63. The van der Waals surface area contributed by atoms with Gasteiger partial charge in [0.25, 0.3) is 11.8 Å². The summed E-state index contributed by atoms with van der Waals surface area (Å²) in [7, 11) is 0. The zero-order valence-electron chi connectivity index (χ0n) is 18.9. The smallest absolute Gasteiger partial charge is 0.275 e. The van der Waals surface area contributed by atoms with Gasteiger partial charge >= 0.3 is 0 Å². The third-order valence-corrected chi connectivity index (χ3v) is 6.72. The third kappa shape index (κ3) is 4.40. The molecule has 4 rings (SSSR count). The molecule has 1 aromatic carbocycles. The summed E-state index contributed by atoms with van der Waals surface area (Å²) in [5.41, 5.74) is 2.21. The number of aliphatic hydroxyl groups is 1. The molecule has 1 fully saturated rings. The Labute approximate surface area is 191 Å². The number of carbonyl (C=O) groups is 2. The topological polar surface area (TPSA) is 100 Å². The Morgan fingerprint density at radius 2 is 1.84 bits per heavy atom. The van der Waals surface area contributed by atoms with Crippen molar-refractivity contribution < 1.29 is 14.7 Å². The maximum atomic E-state index is 13.3. The van der Waals surface area contributed by atoms with Crippen molar-refractivity contribution in [2.24, 2.45) is 5.92 Å². The minimum absolute atomic E-state index is 0.130. The van der Waals surface area contributed by atoms with Crippen LogP contribution in [0, 0.1) is 12.8 Å². The molecule has 3 heterocycles. The van der Waals surface area contributed by atoms with Gasteiger partial charge in [-0.3, -0.25) is 14.9 Å². The van der Waals surface area contributed by atoms with E-state index in [1.807, 2.05) is 39.8 Å². The number of likely N-dealkylation sites (tertiary alicyclic amines) is 1. The lowest BCUT2D eigenvalue weighted by Crippen LogP contribution is -2.39. The van der Waals surface area contributed by atoms with Gasteiger partial charge in [-0.2, -0.15) is 10.1 Å². The lowest BCUT2D eigenvalue weighted by Gasteiger charge is -2.30. The number of anilines is 1. The van der Waals surface area contributed by atoms with E-state index in [1.54, 1.807) is 21.7 Å². The standard InChI is InChI=1S/C23H29N5O3S/c1-14-5-7-16(8-6-14)20(30)25-22-24-19-18(32-22)17(26-28(19)23(2,3)4)21(31)27-11-9-15(13-29)10-12-27/h5-8,15,29H,9-13H2,1-4H3,(H,24,25,30). The highest BCUT2D eigenvalue weighted by molar-refractivity contribution is 7.22. The second-order valence-corrected chi connectivity index (χ2v) is 10.3. The maximum Gasteiger partial charge on any atom is 0.275 e. The molecule has 1 saturated heterocycles. The molecule has 1 aliphatic heterocycles. The van der Waals surface area contributed by atoms with Crippen LogP contribution in [0.5, 0.6) is 0 Å². The number of benzene rings is 1. The Hall–Kier alpha value is -2.78. The summed E-state index contributed by atoms with van der Waals surface area (Å²) in [6.45, 7) is 9.34. The molecule has 0 saturated carbocycles. The number of aromatic nitrogens is 3. The van der Waals surface area contributed by atoms with Gasteiger partial charge < -0.3 is 10.0 Å². The van der Waals surface area contributed by atoms with Gasteiger partial charge in [0.15, 0.2) is 16.5 Å². The fourth-order valence-electron chi connectivity index (χ4n) is 3.81. The van der Waals surface area contributed by atoms with Gasteiger partial charge in [-0.15, -0.1) is 0 Å². The van der Waals surface area contributed by atoms with Gasteiger partial charge in [-0.1, -0.05) is 29.0 Å². The number of aliphatic hydroxyl groups excluding tert-OH is 1. The molecule has 9 heteroatoms. The highest BCUT2D eigenvalue weighted by Crippen LogP contribution is 2.33. The van der Waals surface area contributed by atoms with Crippen LogP contribution in [0.3, 0.4) is 0 Å². The van der Waals surface area contributed by atoms with Gasteiger partial charge in [-0.25, -0.2) is 4.68 Å². The first-order valence-electron chi connectivity index (χ1n) is 10.9. The van der Waals surface area contributed by atoms with Crippen molar-refractivity contribution >= 4 is 38.6 Å². The molecule has 8 nitrogen and oxygen atoms in total. The van der Waals surface area contributed by atoms with E-state index in [9.17, 15) is 14.7 Å². The summed E-state index contributed by atoms with van der Waals surface area (Å²) in [6.07, 6.45) is 1.57. The highest BCUT2D eigenvalue weighted by Gasteiger charge is 2.31. The number of fused-ring (bicyclic) bond motifs is 1. The van der Waals surface area contributed by atoms with Crippen LogP contribution in [0.25, 0.3) is 10.3 Å². The molecule has 0 bridgehead atoms. The van der Waals surface area contributed by atoms with E-state index in [2.05, 4.69) is 15.4 Å². The summed E-state index contributed by atoms with van der Waals surface area (Å²) in [4.78, 5) is 32.4. The quantitative estimate of drug-likeness (QED) is 0.625. The number of thiazole rings is 1. The van der Waals surface area contributed by atoms with Gasteiger partial charge in [0.2, 0.25) is 0 Å². The predicted molar refractivity (Wildman–Crippen MR) is 125 cm³/mol. The van der Waals surface area contributed by atoms with Crippen molar-refractivity contribution in [2.45, 2.75) is 46.1 Å². The number of amides is 2. The van der Waals surface area contributed by atoms with Crippen LogP contribution in [0.15, 0.2) is 24.3 Å². The monoisotopic (exact) mass is 455 g/mol. The molecular formula is C23H29N5O3S. The molecule has 2 N–H and O–H groups in total. The summed E-state index contributed by atoms with van der Waals surface area (Å²) < 4.78 is 2.43. The molecule has 2 amide bonds. The molecule has 0 aliphatic carbocycles. The zero-order chi connectivity index (χ0) is 23.0. The van der Waals surface area contributed by atoms with Gasteiger partial charge in [-0.05, 0) is 58.6 Å². The first-order valence-corrected chi connectivity index (χ1v) is 11.7. The summed E-state index contributed by atoms with van der Waals surface area (Å²) in [6, 6.07) is 7.34. The fraction of sp³-hybridized carbons (Fsp3) is 0.478. The largest absolute Gasteiger partial charge is 0.396 e. The number of nitrogens with one attached hydrogen (secondary N) is 1. The Balaban J connectivity index is 1.65. The Kier molecular flexibility index (Phi) is 6.05. The molecule has 1 aliphatic rings. The van der Waals surface area contributed by atoms with E-state index in [4.69, 9.17) is 0 Å². The van der Waals surface area contributed by atoms with E-state index in [0.29, 0.717) is 39.8 Å². The van der Waals surface area contributed by atoms with Crippen molar-refractivity contribution in [2.75, 3.05) is 25.0 Å². The first kappa shape index (κ1) is 22.4. The van der Waals surface area contributed by atoms with E-state index in [0.717, 1.165) is 18.4 Å². The van der Waals surface area contributed by atoms with Crippen LogP contribution in [0.2, 0.25) is 0 Å². The van der Waals surface area contributed by atoms with Gasteiger partial charge in [0.1, 0.15) is 4.70 Å². The number of rotatable bonds is 4. The third-order valence-electron chi connectivity index (χ3n) is 5.76. The average Bonchev–Trinajstić information content (AvgIpc) is 3.32. The van der Waals surface area contributed by atoms with Gasteiger partial charge in [0.05, 0.1) is 5.54 Å². The molecule has 0 unspecified atom stereocenters. The zero-order valence-corrected chi connectivity index (χ0v) is 19.7. The number of hydrogen-bond acceptors (Lipinski definition) is 6. The molecule has 170 valence electrons. The Morgan fingerprint density at radius 3 is 2.44 bits per heavy atom. The van der Waals surface area contributed by atoms with Crippen LogP contribution in [-0.4, -0.2) is 56.3 Å². The number of piperidine rings is 1. The predicted octanol–water partition coefficient (Wildman–Crippen LogP) is 3.65. The normalized spacial score (nSPS) is 15.3. The Morgan fingerprint density at radius 1 is 1.19 bits per heavy atom. The second-order valence-electron chi connectivity index (χ2n) is 9.34. The lowest BCUT2D eigenvalue weighted by atomic mass is 9.98. The molecule has 0 spiro atoms. The van der Waals surface area contributed by atoms with Crippen molar-refractivity contribution in [3.05, 3.63) is 41.1 Å². The van der Waals surface area contributed by atoms with Crippen molar-refractivity contribution in [3.8, 4) is 0 Å². The number of hydrogen-bond donors (Lipinski definition) is 2. The SMILES string of the molecule is Cc1ccc(C(=O)Nc2nc3c(s2)c(C(=O)N2CCC(CO)CC2)nn3C(C)(C)C)cc1. The summed E-state index contributed by atoms with van der Waals surface area (Å²) in [5, 5.41) is 17.3. The number of carbonyl (C=O) groups excluding carboxylic acids is 2. The average molecular weight is 456 g/mol. The first-order chi connectivity index (χ1) is 15.2. The summed E-state index contributed by atoms with van der Waals surface area (Å²) >= 11 is 1.27. The molecule has 32 heavy (non-hydrogen) atoms. The van der Waals surface area contributed by atoms with Crippen LogP contribution in [-0.2, 0) is 5.54 Å². The minimum Gasteiger partial charge on any atom is -0.396 e. The van der Waals surface area contributed by atoms with Crippen LogP contribution in [0.4, 0.5) is 5.13 Å². The molecule has 3 aromatic rings. The summed E-state index contributed by atoms with van der Waals surface area (Å²) in [5.74, 6) is -0.122. The number of nitrogens with zero attached hydrogens (tertiary/aromatic N) is 4. The van der Waals surface area contributed by atoms with Crippen molar-refractivity contribution in [1.29, 1.82) is 0 Å². The van der Waals surface area contributed by atoms with E-state index >= 15 is 0 Å². The van der Waals surface area contributed by atoms with E-state index < -0.39 is 0 Å². The number of aryl methyl sites for hydroxylation is 1. The molecule has 2 aromatic heterocycles. The van der Waals surface area contributed by atoms with E-state index in [-0.39, 0.29) is 29.9 Å².